The number of aryl methyl sites for hydroxylation is 1. The maximum atomic E-state index is 12.3. The Kier molecular flexibility index (Phi) is 5.40. The summed E-state index contributed by atoms with van der Waals surface area (Å²) in [5.41, 5.74) is 1.85. The number of nitrogens with one attached hydrogen (secondary N) is 2. The molecular formula is C14H17ClN2O2S2. The van der Waals surface area contributed by atoms with Crippen LogP contribution in [0.5, 0.6) is 0 Å². The van der Waals surface area contributed by atoms with E-state index >= 15 is 0 Å². The number of halogens is 1. The zero-order chi connectivity index (χ0) is 15.5. The molecule has 2 aromatic rings. The molecule has 0 bridgehead atoms. The Balaban J connectivity index is 2.11. The molecular weight excluding hydrogens is 328 g/mol. The van der Waals surface area contributed by atoms with Crippen LogP contribution in [-0.2, 0) is 23.1 Å². The minimum atomic E-state index is -3.48. The van der Waals surface area contributed by atoms with Crippen molar-refractivity contribution in [2.75, 3.05) is 7.05 Å². The highest BCUT2D eigenvalue weighted by atomic mass is 35.5. The zero-order valence-electron chi connectivity index (χ0n) is 11.8. The van der Waals surface area contributed by atoms with Crippen LogP contribution in [0, 0.1) is 6.92 Å². The second-order valence-electron chi connectivity index (χ2n) is 4.65. The molecule has 0 atom stereocenters. The van der Waals surface area contributed by atoms with Crippen LogP contribution in [0.4, 0.5) is 0 Å². The minimum Gasteiger partial charge on any atom is -0.315 e. The lowest BCUT2D eigenvalue weighted by molar-refractivity contribution is 0.583. The highest BCUT2D eigenvalue weighted by molar-refractivity contribution is 7.91. The third kappa shape index (κ3) is 4.28. The van der Waals surface area contributed by atoms with Gasteiger partial charge in [0, 0.05) is 23.0 Å². The number of hydrogen-bond acceptors (Lipinski definition) is 4. The number of benzene rings is 1. The smallest absolute Gasteiger partial charge is 0.250 e. The molecule has 4 nitrogen and oxygen atoms in total. The molecule has 0 aliphatic carbocycles. The SMILES string of the molecule is CNCc1sc(S(=O)(=O)NCc2ccc(Cl)cc2)cc1C. The van der Waals surface area contributed by atoms with Crippen molar-refractivity contribution < 1.29 is 8.42 Å². The molecule has 2 N–H and O–H groups in total. The van der Waals surface area contributed by atoms with Gasteiger partial charge in [-0.25, -0.2) is 13.1 Å². The molecule has 0 saturated heterocycles. The van der Waals surface area contributed by atoms with Crippen LogP contribution >= 0.6 is 22.9 Å². The summed E-state index contributed by atoms with van der Waals surface area (Å²) >= 11 is 7.10. The number of rotatable bonds is 6. The van der Waals surface area contributed by atoms with Gasteiger partial charge in [0.15, 0.2) is 0 Å². The summed E-state index contributed by atoms with van der Waals surface area (Å²) in [6.45, 7) is 2.84. The van der Waals surface area contributed by atoms with E-state index in [9.17, 15) is 8.42 Å². The third-order valence-electron chi connectivity index (χ3n) is 2.98. The molecule has 0 radical (unpaired) electrons. The third-order valence-corrected chi connectivity index (χ3v) is 6.34. The van der Waals surface area contributed by atoms with Crippen LogP contribution in [0.15, 0.2) is 34.5 Å². The summed E-state index contributed by atoms with van der Waals surface area (Å²) in [4.78, 5) is 1.03. The van der Waals surface area contributed by atoms with Crippen molar-refractivity contribution >= 4 is 33.0 Å². The first kappa shape index (κ1) is 16.5. The van der Waals surface area contributed by atoms with Gasteiger partial charge in [0.25, 0.3) is 0 Å². The maximum absolute atomic E-state index is 12.3. The maximum Gasteiger partial charge on any atom is 0.250 e. The highest BCUT2D eigenvalue weighted by Gasteiger charge is 2.18. The monoisotopic (exact) mass is 344 g/mol. The summed E-state index contributed by atoms with van der Waals surface area (Å²) in [6, 6.07) is 8.80. The molecule has 0 fully saturated rings. The molecule has 0 unspecified atom stereocenters. The summed E-state index contributed by atoms with van der Waals surface area (Å²) in [5, 5.41) is 3.67. The lowest BCUT2D eigenvalue weighted by Crippen LogP contribution is -2.22. The zero-order valence-corrected chi connectivity index (χ0v) is 14.2. The largest absolute Gasteiger partial charge is 0.315 e. The summed E-state index contributed by atoms with van der Waals surface area (Å²) in [7, 11) is -1.64. The van der Waals surface area contributed by atoms with E-state index in [1.165, 1.54) is 11.3 Å². The summed E-state index contributed by atoms with van der Waals surface area (Å²) < 4.78 is 27.5. The molecule has 0 amide bonds. The van der Waals surface area contributed by atoms with Gasteiger partial charge < -0.3 is 5.32 Å². The molecule has 0 spiro atoms. The molecule has 0 aliphatic rings. The Hall–Kier alpha value is -0.920. The van der Waals surface area contributed by atoms with E-state index in [0.29, 0.717) is 15.8 Å². The van der Waals surface area contributed by atoms with Gasteiger partial charge in [-0.05, 0) is 43.3 Å². The van der Waals surface area contributed by atoms with E-state index in [2.05, 4.69) is 10.0 Å². The average molecular weight is 345 g/mol. The molecule has 0 aliphatic heterocycles. The normalized spacial score (nSPS) is 11.8. The molecule has 114 valence electrons. The van der Waals surface area contributed by atoms with Gasteiger partial charge >= 0.3 is 0 Å². The van der Waals surface area contributed by atoms with Crippen LogP contribution in [0.3, 0.4) is 0 Å². The van der Waals surface area contributed by atoms with Crippen molar-refractivity contribution in [3.63, 3.8) is 0 Å². The number of sulfonamides is 1. The van der Waals surface area contributed by atoms with Crippen molar-refractivity contribution in [3.8, 4) is 0 Å². The molecule has 1 heterocycles. The fourth-order valence-corrected chi connectivity index (χ4v) is 4.60. The first-order valence-corrected chi connectivity index (χ1v) is 9.08. The van der Waals surface area contributed by atoms with Gasteiger partial charge in [-0.3, -0.25) is 0 Å². The fourth-order valence-electron chi connectivity index (χ4n) is 1.81. The van der Waals surface area contributed by atoms with Crippen LogP contribution in [0.1, 0.15) is 16.0 Å². The van der Waals surface area contributed by atoms with Crippen molar-refractivity contribution in [3.05, 3.63) is 51.4 Å². The molecule has 0 saturated carbocycles. The summed E-state index contributed by atoms with van der Waals surface area (Å²) in [6.07, 6.45) is 0. The Morgan fingerprint density at radius 1 is 1.19 bits per heavy atom. The van der Waals surface area contributed by atoms with Gasteiger partial charge in [-0.15, -0.1) is 11.3 Å². The van der Waals surface area contributed by atoms with Gasteiger partial charge in [0.05, 0.1) is 0 Å². The van der Waals surface area contributed by atoms with Crippen LogP contribution < -0.4 is 10.0 Å². The van der Waals surface area contributed by atoms with Gasteiger partial charge in [0.1, 0.15) is 4.21 Å². The fraction of sp³-hybridized carbons (Fsp3) is 0.286. The van der Waals surface area contributed by atoms with Crippen LogP contribution in [-0.4, -0.2) is 15.5 Å². The van der Waals surface area contributed by atoms with Crippen molar-refractivity contribution in [2.24, 2.45) is 0 Å². The molecule has 1 aromatic heterocycles. The van der Waals surface area contributed by atoms with Gasteiger partial charge in [-0.2, -0.15) is 0 Å². The molecule has 1 aromatic carbocycles. The Morgan fingerprint density at radius 2 is 1.86 bits per heavy atom. The molecule has 7 heteroatoms. The van der Waals surface area contributed by atoms with E-state index in [0.717, 1.165) is 16.0 Å². The van der Waals surface area contributed by atoms with Crippen LogP contribution in [0.25, 0.3) is 0 Å². The number of hydrogen-bond donors (Lipinski definition) is 2. The molecule has 21 heavy (non-hydrogen) atoms. The van der Waals surface area contributed by atoms with E-state index in [4.69, 9.17) is 11.6 Å². The quantitative estimate of drug-likeness (QED) is 0.847. The second kappa shape index (κ2) is 6.89. The van der Waals surface area contributed by atoms with Crippen molar-refractivity contribution in [2.45, 2.75) is 24.2 Å². The Morgan fingerprint density at radius 3 is 2.48 bits per heavy atom. The first-order valence-electron chi connectivity index (χ1n) is 6.40. The Bertz CT molecular complexity index is 709. The lowest BCUT2D eigenvalue weighted by Gasteiger charge is -2.05. The predicted octanol–water partition coefficient (Wildman–Crippen LogP) is 2.91. The van der Waals surface area contributed by atoms with Crippen LogP contribution in [0.2, 0.25) is 5.02 Å². The number of thiophene rings is 1. The van der Waals surface area contributed by atoms with E-state index in [-0.39, 0.29) is 6.54 Å². The van der Waals surface area contributed by atoms with E-state index < -0.39 is 10.0 Å². The van der Waals surface area contributed by atoms with E-state index in [1.54, 1.807) is 30.3 Å². The first-order chi connectivity index (χ1) is 9.92. The van der Waals surface area contributed by atoms with E-state index in [1.807, 2.05) is 14.0 Å². The van der Waals surface area contributed by atoms with Crippen molar-refractivity contribution in [1.82, 2.24) is 10.0 Å². The topological polar surface area (TPSA) is 58.2 Å². The highest BCUT2D eigenvalue weighted by Crippen LogP contribution is 2.26. The lowest BCUT2D eigenvalue weighted by atomic mass is 10.2. The van der Waals surface area contributed by atoms with Gasteiger partial charge in [-0.1, -0.05) is 23.7 Å². The molecule has 2 rings (SSSR count). The minimum absolute atomic E-state index is 0.248. The standard InChI is InChI=1S/C14H17ClN2O2S2/c1-10-7-14(20-13(10)9-16-2)21(18,19)17-8-11-3-5-12(15)6-4-11/h3-7,16-17H,8-9H2,1-2H3. The summed E-state index contributed by atoms with van der Waals surface area (Å²) in [5.74, 6) is 0. The predicted molar refractivity (Wildman–Crippen MR) is 87.3 cm³/mol. The average Bonchev–Trinajstić information content (AvgIpc) is 2.81. The van der Waals surface area contributed by atoms with Crippen molar-refractivity contribution in [1.29, 1.82) is 0 Å². The van der Waals surface area contributed by atoms with Gasteiger partial charge in [0.2, 0.25) is 10.0 Å². The Labute approximate surface area is 134 Å². The second-order valence-corrected chi connectivity index (χ2v) is 8.22.